The van der Waals surface area contributed by atoms with Crippen molar-refractivity contribution in [3.8, 4) is 0 Å². The van der Waals surface area contributed by atoms with Gasteiger partial charge in [-0.15, -0.1) is 0 Å². The zero-order valence-electron chi connectivity index (χ0n) is 8.74. The van der Waals surface area contributed by atoms with Gasteiger partial charge < -0.3 is 16.2 Å². The van der Waals surface area contributed by atoms with Crippen LogP contribution in [0, 0.1) is 5.92 Å². The Labute approximate surface area is 89.0 Å². The molecule has 0 aromatic heterocycles. The van der Waals surface area contributed by atoms with Crippen molar-refractivity contribution in [2.75, 3.05) is 6.54 Å². The van der Waals surface area contributed by atoms with Crippen molar-refractivity contribution in [3.63, 3.8) is 0 Å². The molecule has 0 heterocycles. The lowest BCUT2D eigenvalue weighted by Gasteiger charge is -2.25. The first-order valence-electron chi connectivity index (χ1n) is 5.34. The highest BCUT2D eigenvalue weighted by Gasteiger charge is 2.18. The third-order valence-electron chi connectivity index (χ3n) is 2.82. The minimum absolute atomic E-state index is 0.139. The second-order valence-electron chi connectivity index (χ2n) is 4.08. The summed E-state index contributed by atoms with van der Waals surface area (Å²) in [5, 5.41) is 11.2. The maximum Gasteiger partial charge on any atom is 0.321 e. The van der Waals surface area contributed by atoms with Crippen LogP contribution in [0.15, 0.2) is 0 Å². The van der Waals surface area contributed by atoms with Crippen LogP contribution in [0.25, 0.3) is 0 Å². The number of carbonyl (C=O) groups excluding carboxylic acids is 1. The van der Waals surface area contributed by atoms with Gasteiger partial charge >= 0.3 is 5.97 Å². The Morgan fingerprint density at radius 2 is 2.13 bits per heavy atom. The summed E-state index contributed by atoms with van der Waals surface area (Å²) < 4.78 is 0. The van der Waals surface area contributed by atoms with E-state index in [4.69, 9.17) is 10.8 Å². The molecule has 0 bridgehead atoms. The average Bonchev–Trinajstić information content (AvgIpc) is 2.09. The molecule has 5 nitrogen and oxygen atoms in total. The minimum Gasteiger partial charge on any atom is -0.480 e. The number of hydrogen-bond donors (Lipinski definition) is 3. The van der Waals surface area contributed by atoms with Crippen LogP contribution >= 0.6 is 0 Å². The summed E-state index contributed by atoms with van der Waals surface area (Å²) >= 11 is 0. The van der Waals surface area contributed by atoms with Crippen LogP contribution in [-0.2, 0) is 9.59 Å². The highest BCUT2D eigenvalue weighted by Crippen LogP contribution is 2.28. The maximum atomic E-state index is 11.2. The van der Waals surface area contributed by atoms with Crippen molar-refractivity contribution in [2.45, 2.75) is 38.1 Å². The summed E-state index contributed by atoms with van der Waals surface area (Å²) in [6.07, 6.45) is 4.66. The molecule has 0 aromatic carbocycles. The maximum absolute atomic E-state index is 11.2. The van der Waals surface area contributed by atoms with Gasteiger partial charge in [-0.25, -0.2) is 0 Å². The van der Waals surface area contributed by atoms with E-state index in [1.807, 2.05) is 0 Å². The molecular weight excluding hydrogens is 196 g/mol. The topological polar surface area (TPSA) is 92.4 Å². The lowest BCUT2D eigenvalue weighted by atomic mass is 9.83. The number of amides is 1. The number of carboxylic acids is 1. The first-order valence-corrected chi connectivity index (χ1v) is 5.34. The van der Waals surface area contributed by atoms with E-state index in [1.54, 1.807) is 0 Å². The Kier molecular flexibility index (Phi) is 4.55. The Morgan fingerprint density at radius 1 is 1.47 bits per heavy atom. The summed E-state index contributed by atoms with van der Waals surface area (Å²) in [4.78, 5) is 21.6. The molecule has 0 radical (unpaired) electrons. The number of carboxylic acid groups (broad SMARTS) is 1. The second kappa shape index (κ2) is 5.70. The molecule has 1 unspecified atom stereocenters. The van der Waals surface area contributed by atoms with Gasteiger partial charge in [0, 0.05) is 6.54 Å². The van der Waals surface area contributed by atoms with E-state index in [0.29, 0.717) is 6.54 Å². The highest BCUT2D eigenvalue weighted by molar-refractivity contribution is 5.84. The zero-order valence-corrected chi connectivity index (χ0v) is 8.74. The van der Waals surface area contributed by atoms with Gasteiger partial charge in [-0.05, 0) is 12.3 Å². The van der Waals surface area contributed by atoms with E-state index in [0.717, 1.165) is 12.3 Å². The fourth-order valence-corrected chi connectivity index (χ4v) is 1.56. The zero-order chi connectivity index (χ0) is 11.3. The van der Waals surface area contributed by atoms with E-state index in [1.165, 1.54) is 19.3 Å². The summed E-state index contributed by atoms with van der Waals surface area (Å²) in [6.45, 7) is 0.635. The lowest BCUT2D eigenvalue weighted by molar-refractivity contribution is -0.140. The Bertz CT molecular complexity index is 239. The van der Waals surface area contributed by atoms with Crippen LogP contribution in [0.3, 0.4) is 0 Å². The number of carbonyl (C=O) groups is 2. The van der Waals surface area contributed by atoms with Crippen molar-refractivity contribution in [3.05, 3.63) is 0 Å². The predicted molar refractivity (Wildman–Crippen MR) is 55.2 cm³/mol. The molecule has 86 valence electrons. The van der Waals surface area contributed by atoms with Gasteiger partial charge in [0.1, 0.15) is 6.04 Å². The van der Waals surface area contributed by atoms with Crippen LogP contribution in [-0.4, -0.2) is 29.6 Å². The largest absolute Gasteiger partial charge is 0.480 e. The van der Waals surface area contributed by atoms with E-state index in [-0.39, 0.29) is 12.3 Å². The van der Waals surface area contributed by atoms with Gasteiger partial charge in [-0.2, -0.15) is 0 Å². The van der Waals surface area contributed by atoms with E-state index < -0.39 is 12.0 Å². The molecule has 1 rings (SSSR count). The number of aliphatic carboxylic acids is 1. The normalized spacial score (nSPS) is 17.9. The SMILES string of the molecule is NC(CC(=O)NCCC1CCC1)C(=O)O. The van der Waals surface area contributed by atoms with Crippen LogP contribution in [0.2, 0.25) is 0 Å². The molecule has 0 spiro atoms. The fraction of sp³-hybridized carbons (Fsp3) is 0.800. The van der Waals surface area contributed by atoms with E-state index in [9.17, 15) is 9.59 Å². The van der Waals surface area contributed by atoms with E-state index in [2.05, 4.69) is 5.32 Å². The molecular formula is C10H18N2O3. The lowest BCUT2D eigenvalue weighted by Crippen LogP contribution is -2.37. The quantitative estimate of drug-likeness (QED) is 0.584. The number of hydrogen-bond acceptors (Lipinski definition) is 3. The molecule has 0 aromatic rings. The molecule has 1 saturated carbocycles. The smallest absolute Gasteiger partial charge is 0.321 e. The molecule has 5 heteroatoms. The van der Waals surface area contributed by atoms with Gasteiger partial charge in [0.05, 0.1) is 6.42 Å². The van der Waals surface area contributed by atoms with Gasteiger partial charge in [0.2, 0.25) is 5.91 Å². The molecule has 1 fully saturated rings. The van der Waals surface area contributed by atoms with Crippen molar-refractivity contribution in [1.82, 2.24) is 5.32 Å². The van der Waals surface area contributed by atoms with Gasteiger partial charge in [0.25, 0.3) is 0 Å². The molecule has 0 saturated heterocycles. The summed E-state index contributed by atoms with van der Waals surface area (Å²) in [7, 11) is 0. The minimum atomic E-state index is -1.14. The molecule has 4 N–H and O–H groups in total. The second-order valence-corrected chi connectivity index (χ2v) is 4.08. The molecule has 0 aliphatic heterocycles. The molecule has 15 heavy (non-hydrogen) atoms. The van der Waals surface area contributed by atoms with Crippen molar-refractivity contribution in [2.24, 2.45) is 11.7 Å². The fourth-order valence-electron chi connectivity index (χ4n) is 1.56. The first-order chi connectivity index (χ1) is 7.09. The molecule has 1 atom stereocenters. The molecule has 1 amide bonds. The van der Waals surface area contributed by atoms with Crippen LogP contribution in [0.5, 0.6) is 0 Å². The van der Waals surface area contributed by atoms with Crippen LogP contribution in [0.4, 0.5) is 0 Å². The Morgan fingerprint density at radius 3 is 2.60 bits per heavy atom. The predicted octanol–water partition coefficient (Wildman–Crippen LogP) is 0.0948. The van der Waals surface area contributed by atoms with Gasteiger partial charge in [0.15, 0.2) is 0 Å². The first kappa shape index (κ1) is 12.0. The average molecular weight is 214 g/mol. The van der Waals surface area contributed by atoms with Crippen molar-refractivity contribution in [1.29, 1.82) is 0 Å². The van der Waals surface area contributed by atoms with E-state index >= 15 is 0 Å². The summed E-state index contributed by atoms with van der Waals surface area (Å²) in [6, 6.07) is -1.09. The standard InChI is InChI=1S/C10H18N2O3/c11-8(10(14)15)6-9(13)12-5-4-7-2-1-3-7/h7-8H,1-6,11H2,(H,12,13)(H,14,15). The summed E-state index contributed by atoms with van der Waals surface area (Å²) in [5.74, 6) is -0.660. The monoisotopic (exact) mass is 214 g/mol. The number of nitrogens with two attached hydrogens (primary N) is 1. The molecule has 1 aliphatic carbocycles. The Hall–Kier alpha value is -1.10. The number of nitrogens with one attached hydrogen (secondary N) is 1. The Balaban J connectivity index is 2.04. The molecule has 1 aliphatic rings. The van der Waals surface area contributed by atoms with Crippen LogP contribution < -0.4 is 11.1 Å². The van der Waals surface area contributed by atoms with Crippen LogP contribution in [0.1, 0.15) is 32.1 Å². The van der Waals surface area contributed by atoms with Gasteiger partial charge in [-0.3, -0.25) is 9.59 Å². The van der Waals surface area contributed by atoms with Crippen molar-refractivity contribution < 1.29 is 14.7 Å². The highest BCUT2D eigenvalue weighted by atomic mass is 16.4. The van der Waals surface area contributed by atoms with Gasteiger partial charge in [-0.1, -0.05) is 19.3 Å². The third kappa shape index (κ3) is 4.29. The van der Waals surface area contributed by atoms with Crippen molar-refractivity contribution >= 4 is 11.9 Å². The third-order valence-corrected chi connectivity index (χ3v) is 2.82. The number of rotatable bonds is 6. The summed E-state index contributed by atoms with van der Waals surface area (Å²) in [5.41, 5.74) is 5.23.